The van der Waals surface area contributed by atoms with Crippen LogP contribution in [0.1, 0.15) is 56.7 Å². The summed E-state index contributed by atoms with van der Waals surface area (Å²) in [5.74, 6) is 2.75. The lowest BCUT2D eigenvalue weighted by atomic mass is 9.89. The predicted molar refractivity (Wildman–Crippen MR) is 101 cm³/mol. The summed E-state index contributed by atoms with van der Waals surface area (Å²) in [6.45, 7) is 3.51. The molecule has 2 saturated carbocycles. The van der Waals surface area contributed by atoms with Crippen molar-refractivity contribution in [3.8, 4) is 0 Å². The van der Waals surface area contributed by atoms with E-state index >= 15 is 0 Å². The number of ether oxygens (including phenoxy) is 2. The molecule has 0 saturated heterocycles. The molecule has 0 amide bonds. The summed E-state index contributed by atoms with van der Waals surface area (Å²) in [6, 6.07) is 0.529. The Bertz CT molecular complexity index is 534. The molecule has 0 aliphatic heterocycles. The van der Waals surface area contributed by atoms with Crippen molar-refractivity contribution in [2.24, 2.45) is 5.73 Å². The van der Waals surface area contributed by atoms with Crippen molar-refractivity contribution < 1.29 is 9.47 Å². The first-order chi connectivity index (χ1) is 12.8. The second kappa shape index (κ2) is 10.6. The van der Waals surface area contributed by atoms with Crippen molar-refractivity contribution in [3.05, 3.63) is 5.82 Å². The van der Waals surface area contributed by atoms with Gasteiger partial charge < -0.3 is 25.8 Å². The SMILES string of the molecule is NCCOCCOCCNc1nc(NC2CC2)nc(C2CCCCC2)n1. The molecule has 0 atom stereocenters. The molecule has 0 unspecified atom stereocenters. The highest BCUT2D eigenvalue weighted by atomic mass is 16.5. The minimum atomic E-state index is 0.461. The predicted octanol–water partition coefficient (Wildman–Crippen LogP) is 1.90. The van der Waals surface area contributed by atoms with E-state index in [1.165, 1.54) is 44.9 Å². The molecule has 8 nitrogen and oxygen atoms in total. The highest BCUT2D eigenvalue weighted by molar-refractivity contribution is 5.37. The molecule has 2 aliphatic rings. The van der Waals surface area contributed by atoms with Gasteiger partial charge in [-0.2, -0.15) is 15.0 Å². The third kappa shape index (κ3) is 6.66. The fourth-order valence-electron chi connectivity index (χ4n) is 3.13. The average Bonchev–Trinajstić information content (AvgIpc) is 3.48. The summed E-state index contributed by atoms with van der Waals surface area (Å²) >= 11 is 0. The van der Waals surface area contributed by atoms with Crippen molar-refractivity contribution in [3.63, 3.8) is 0 Å². The number of nitrogens with two attached hydrogens (primary N) is 1. The standard InChI is InChI=1S/C18H32N6O2/c19-8-10-25-12-13-26-11-9-20-17-22-16(14-4-2-1-3-5-14)23-18(24-17)21-15-6-7-15/h14-15H,1-13,19H2,(H2,20,21,22,23,24). The van der Waals surface area contributed by atoms with Crippen LogP contribution in [0.3, 0.4) is 0 Å². The summed E-state index contributed by atoms with van der Waals surface area (Å²) in [5, 5.41) is 6.68. The lowest BCUT2D eigenvalue weighted by Gasteiger charge is -2.21. The quantitative estimate of drug-likeness (QED) is 0.483. The zero-order valence-corrected chi connectivity index (χ0v) is 15.6. The van der Waals surface area contributed by atoms with E-state index in [0.717, 1.165) is 5.82 Å². The van der Waals surface area contributed by atoms with Gasteiger partial charge >= 0.3 is 0 Å². The summed E-state index contributed by atoms with van der Waals surface area (Å²) in [4.78, 5) is 13.9. The summed E-state index contributed by atoms with van der Waals surface area (Å²) in [7, 11) is 0. The first-order valence-corrected chi connectivity index (χ1v) is 9.97. The molecule has 1 aromatic heterocycles. The normalized spacial score (nSPS) is 18.0. The zero-order chi connectivity index (χ0) is 18.0. The number of hydrogen-bond donors (Lipinski definition) is 3. The fraction of sp³-hybridized carbons (Fsp3) is 0.833. The highest BCUT2D eigenvalue weighted by Gasteiger charge is 2.24. The zero-order valence-electron chi connectivity index (χ0n) is 15.6. The number of hydrogen-bond acceptors (Lipinski definition) is 8. The Morgan fingerprint density at radius 2 is 1.58 bits per heavy atom. The molecule has 2 aliphatic carbocycles. The molecule has 8 heteroatoms. The molecule has 0 aromatic carbocycles. The van der Waals surface area contributed by atoms with Gasteiger partial charge in [0.2, 0.25) is 11.9 Å². The number of nitrogens with zero attached hydrogens (tertiary/aromatic N) is 3. The highest BCUT2D eigenvalue weighted by Crippen LogP contribution is 2.32. The Kier molecular flexibility index (Phi) is 7.85. The Labute approximate surface area is 155 Å². The maximum atomic E-state index is 5.54. The van der Waals surface area contributed by atoms with Crippen LogP contribution in [0.4, 0.5) is 11.9 Å². The van der Waals surface area contributed by atoms with Crippen LogP contribution in [0.15, 0.2) is 0 Å². The molecular weight excluding hydrogens is 332 g/mol. The van der Waals surface area contributed by atoms with Gasteiger partial charge in [0, 0.05) is 25.0 Å². The maximum absolute atomic E-state index is 5.54. The van der Waals surface area contributed by atoms with Crippen LogP contribution in [0.25, 0.3) is 0 Å². The van der Waals surface area contributed by atoms with Crippen LogP contribution in [-0.4, -0.2) is 60.5 Å². The number of anilines is 2. The van der Waals surface area contributed by atoms with E-state index in [1.54, 1.807) is 0 Å². The topological polar surface area (TPSA) is 107 Å². The van der Waals surface area contributed by atoms with Gasteiger partial charge in [0.25, 0.3) is 0 Å². The van der Waals surface area contributed by atoms with Crippen molar-refractivity contribution in [2.75, 3.05) is 50.2 Å². The lowest BCUT2D eigenvalue weighted by Crippen LogP contribution is -2.18. The Hall–Kier alpha value is -1.51. The average molecular weight is 364 g/mol. The molecule has 146 valence electrons. The molecule has 2 fully saturated rings. The fourth-order valence-corrected chi connectivity index (χ4v) is 3.13. The van der Waals surface area contributed by atoms with Gasteiger partial charge in [-0.3, -0.25) is 0 Å². The Balaban J connectivity index is 1.48. The molecular formula is C18H32N6O2. The van der Waals surface area contributed by atoms with E-state index in [0.29, 0.717) is 63.4 Å². The van der Waals surface area contributed by atoms with Crippen LogP contribution in [0.2, 0.25) is 0 Å². The van der Waals surface area contributed by atoms with E-state index < -0.39 is 0 Å². The molecule has 3 rings (SSSR count). The minimum absolute atomic E-state index is 0.461. The first kappa shape index (κ1) is 19.3. The van der Waals surface area contributed by atoms with Crippen molar-refractivity contribution in [1.82, 2.24) is 15.0 Å². The van der Waals surface area contributed by atoms with Gasteiger partial charge in [0.05, 0.1) is 26.4 Å². The van der Waals surface area contributed by atoms with Gasteiger partial charge in [-0.25, -0.2) is 0 Å². The van der Waals surface area contributed by atoms with Crippen LogP contribution in [-0.2, 0) is 9.47 Å². The number of rotatable bonds is 12. The van der Waals surface area contributed by atoms with Gasteiger partial charge in [-0.05, 0) is 25.7 Å². The van der Waals surface area contributed by atoms with Gasteiger partial charge in [0.1, 0.15) is 5.82 Å². The van der Waals surface area contributed by atoms with E-state index in [-0.39, 0.29) is 0 Å². The molecule has 4 N–H and O–H groups in total. The van der Waals surface area contributed by atoms with Crippen molar-refractivity contribution in [2.45, 2.75) is 56.9 Å². The van der Waals surface area contributed by atoms with Crippen LogP contribution in [0.5, 0.6) is 0 Å². The van der Waals surface area contributed by atoms with E-state index in [9.17, 15) is 0 Å². The molecule has 0 bridgehead atoms. The monoisotopic (exact) mass is 364 g/mol. The van der Waals surface area contributed by atoms with Gasteiger partial charge in [0.15, 0.2) is 0 Å². The van der Waals surface area contributed by atoms with Gasteiger partial charge in [-0.1, -0.05) is 19.3 Å². The molecule has 0 radical (unpaired) electrons. The second-order valence-corrected chi connectivity index (χ2v) is 7.03. The molecule has 26 heavy (non-hydrogen) atoms. The van der Waals surface area contributed by atoms with Crippen LogP contribution < -0.4 is 16.4 Å². The maximum Gasteiger partial charge on any atom is 0.227 e. The van der Waals surface area contributed by atoms with Crippen molar-refractivity contribution in [1.29, 1.82) is 0 Å². The molecule has 0 spiro atoms. The Morgan fingerprint density at radius 1 is 0.846 bits per heavy atom. The smallest absolute Gasteiger partial charge is 0.227 e. The Morgan fingerprint density at radius 3 is 2.31 bits per heavy atom. The van der Waals surface area contributed by atoms with Crippen molar-refractivity contribution >= 4 is 11.9 Å². The van der Waals surface area contributed by atoms with Crippen LogP contribution >= 0.6 is 0 Å². The number of aromatic nitrogens is 3. The third-order valence-electron chi connectivity index (χ3n) is 4.70. The van der Waals surface area contributed by atoms with E-state index in [2.05, 4.69) is 20.6 Å². The van der Waals surface area contributed by atoms with Crippen LogP contribution in [0, 0.1) is 0 Å². The van der Waals surface area contributed by atoms with Gasteiger partial charge in [-0.15, -0.1) is 0 Å². The van der Waals surface area contributed by atoms with E-state index in [4.69, 9.17) is 20.2 Å². The molecule has 1 aromatic rings. The minimum Gasteiger partial charge on any atom is -0.378 e. The molecule has 1 heterocycles. The first-order valence-electron chi connectivity index (χ1n) is 9.97. The summed E-state index contributed by atoms with van der Waals surface area (Å²) < 4.78 is 10.8. The summed E-state index contributed by atoms with van der Waals surface area (Å²) in [5.41, 5.74) is 5.37. The lowest BCUT2D eigenvalue weighted by molar-refractivity contribution is 0.0547. The largest absolute Gasteiger partial charge is 0.378 e. The summed E-state index contributed by atoms with van der Waals surface area (Å²) in [6.07, 6.45) is 8.62. The van der Waals surface area contributed by atoms with E-state index in [1.807, 2.05) is 0 Å². The second-order valence-electron chi connectivity index (χ2n) is 7.03. The third-order valence-corrected chi connectivity index (χ3v) is 4.70. The number of nitrogens with one attached hydrogen (secondary N) is 2.